The number of piperidine rings is 1. The fraction of sp³-hybridized carbons (Fsp3) is 0.778. The van der Waals surface area contributed by atoms with Crippen molar-refractivity contribution in [1.29, 1.82) is 0 Å². The molecule has 134 valence electrons. The molecule has 0 aliphatic carbocycles. The van der Waals surface area contributed by atoms with Crippen LogP contribution in [0.3, 0.4) is 0 Å². The van der Waals surface area contributed by atoms with Crippen LogP contribution in [0.4, 0.5) is 10.7 Å². The third kappa shape index (κ3) is 3.72. The molecule has 0 radical (unpaired) electrons. The number of nitrogens with zero attached hydrogens (tertiary/aromatic N) is 4. The van der Waals surface area contributed by atoms with E-state index in [1.165, 1.54) is 62.8 Å². The lowest BCUT2D eigenvalue weighted by atomic mass is 10.0. The van der Waals surface area contributed by atoms with E-state index in [4.69, 9.17) is 4.74 Å². The van der Waals surface area contributed by atoms with Crippen molar-refractivity contribution in [2.24, 2.45) is 0 Å². The van der Waals surface area contributed by atoms with E-state index >= 15 is 0 Å². The van der Waals surface area contributed by atoms with Crippen LogP contribution in [0.25, 0.3) is 0 Å². The van der Waals surface area contributed by atoms with Crippen molar-refractivity contribution in [3.05, 3.63) is 11.4 Å². The Hall–Kier alpha value is -0.820. The number of ether oxygens (including phenoxy) is 1. The summed E-state index contributed by atoms with van der Waals surface area (Å²) in [6.45, 7) is 11.2. The SMILES string of the molecule is CN1CCN(C2CCN(c3cc(N4CCOCC4)cs3)CC2)CC1. The normalized spacial score (nSPS) is 25.4. The molecule has 3 fully saturated rings. The molecule has 0 unspecified atom stereocenters. The first-order chi connectivity index (χ1) is 11.8. The first kappa shape index (κ1) is 16.6. The molecule has 0 N–H and O–H groups in total. The maximum Gasteiger partial charge on any atom is 0.0930 e. The third-order valence-electron chi connectivity index (χ3n) is 5.78. The van der Waals surface area contributed by atoms with Gasteiger partial charge in [0.1, 0.15) is 0 Å². The van der Waals surface area contributed by atoms with Gasteiger partial charge in [0.15, 0.2) is 0 Å². The highest BCUT2D eigenvalue weighted by molar-refractivity contribution is 7.14. The molecule has 24 heavy (non-hydrogen) atoms. The maximum absolute atomic E-state index is 5.46. The van der Waals surface area contributed by atoms with Gasteiger partial charge in [-0.05, 0) is 26.0 Å². The van der Waals surface area contributed by atoms with E-state index in [0.717, 1.165) is 32.3 Å². The maximum atomic E-state index is 5.46. The Labute approximate surface area is 149 Å². The molecule has 1 aromatic rings. The van der Waals surface area contributed by atoms with Gasteiger partial charge in [0.25, 0.3) is 0 Å². The van der Waals surface area contributed by atoms with Gasteiger partial charge in [0.05, 0.1) is 18.2 Å². The molecule has 3 saturated heterocycles. The summed E-state index contributed by atoms with van der Waals surface area (Å²) >= 11 is 1.91. The molecule has 0 aromatic carbocycles. The molecule has 0 spiro atoms. The number of hydrogen-bond acceptors (Lipinski definition) is 6. The summed E-state index contributed by atoms with van der Waals surface area (Å²) in [5.74, 6) is 0. The lowest BCUT2D eigenvalue weighted by Gasteiger charge is -2.42. The van der Waals surface area contributed by atoms with Crippen LogP contribution in [0.1, 0.15) is 12.8 Å². The first-order valence-corrected chi connectivity index (χ1v) is 10.3. The van der Waals surface area contributed by atoms with Crippen molar-refractivity contribution < 1.29 is 4.74 Å². The highest BCUT2D eigenvalue weighted by atomic mass is 32.1. The van der Waals surface area contributed by atoms with Crippen LogP contribution in [-0.4, -0.2) is 88.5 Å². The Morgan fingerprint density at radius 2 is 1.62 bits per heavy atom. The topological polar surface area (TPSA) is 22.2 Å². The van der Waals surface area contributed by atoms with Gasteiger partial charge in [-0.3, -0.25) is 4.90 Å². The molecule has 0 amide bonds. The molecule has 0 saturated carbocycles. The number of anilines is 2. The lowest BCUT2D eigenvalue weighted by molar-refractivity contribution is 0.0983. The smallest absolute Gasteiger partial charge is 0.0930 e. The summed E-state index contributed by atoms with van der Waals surface area (Å²) in [6, 6.07) is 3.19. The largest absolute Gasteiger partial charge is 0.378 e. The van der Waals surface area contributed by atoms with E-state index < -0.39 is 0 Å². The van der Waals surface area contributed by atoms with Crippen LogP contribution in [-0.2, 0) is 4.74 Å². The minimum atomic E-state index is 0.800. The van der Waals surface area contributed by atoms with Crippen LogP contribution < -0.4 is 9.80 Å². The molecule has 4 rings (SSSR count). The van der Waals surface area contributed by atoms with Crippen molar-refractivity contribution in [2.75, 3.05) is 82.4 Å². The minimum absolute atomic E-state index is 0.800. The summed E-state index contributed by atoms with van der Waals surface area (Å²) in [4.78, 5) is 10.2. The second-order valence-corrected chi connectivity index (χ2v) is 8.19. The van der Waals surface area contributed by atoms with Gasteiger partial charge in [0, 0.05) is 69.5 Å². The molecule has 3 aliphatic heterocycles. The molecule has 6 heteroatoms. The Bertz CT molecular complexity index is 515. The Morgan fingerprint density at radius 1 is 0.917 bits per heavy atom. The summed E-state index contributed by atoms with van der Waals surface area (Å²) in [7, 11) is 2.24. The van der Waals surface area contributed by atoms with Crippen LogP contribution in [0.15, 0.2) is 11.4 Å². The number of thiophene rings is 1. The lowest BCUT2D eigenvalue weighted by Crippen LogP contribution is -2.52. The van der Waals surface area contributed by atoms with E-state index in [-0.39, 0.29) is 0 Å². The number of morpholine rings is 1. The van der Waals surface area contributed by atoms with Crippen molar-refractivity contribution in [2.45, 2.75) is 18.9 Å². The minimum Gasteiger partial charge on any atom is -0.378 e. The molecule has 0 atom stereocenters. The fourth-order valence-electron chi connectivity index (χ4n) is 4.11. The van der Waals surface area contributed by atoms with Gasteiger partial charge in [-0.1, -0.05) is 0 Å². The summed E-state index contributed by atoms with van der Waals surface area (Å²) < 4.78 is 5.46. The van der Waals surface area contributed by atoms with Crippen molar-refractivity contribution in [3.63, 3.8) is 0 Å². The molecule has 0 bridgehead atoms. The highest BCUT2D eigenvalue weighted by Gasteiger charge is 2.27. The first-order valence-electron chi connectivity index (χ1n) is 9.38. The monoisotopic (exact) mass is 350 g/mol. The molecule has 5 nitrogen and oxygen atoms in total. The fourth-order valence-corrected chi connectivity index (χ4v) is 5.09. The molecular formula is C18H30N4OS. The number of rotatable bonds is 3. The molecule has 1 aromatic heterocycles. The second-order valence-electron chi connectivity index (χ2n) is 7.30. The number of hydrogen-bond donors (Lipinski definition) is 0. The van der Waals surface area contributed by atoms with Crippen molar-refractivity contribution >= 4 is 22.0 Å². The summed E-state index contributed by atoms with van der Waals surface area (Å²) in [6.07, 6.45) is 2.63. The Morgan fingerprint density at radius 3 is 2.33 bits per heavy atom. The van der Waals surface area contributed by atoms with Gasteiger partial charge in [-0.15, -0.1) is 11.3 Å². The van der Waals surface area contributed by atoms with E-state index in [1.807, 2.05) is 11.3 Å². The third-order valence-corrected chi connectivity index (χ3v) is 6.76. The van der Waals surface area contributed by atoms with Crippen LogP contribution in [0.2, 0.25) is 0 Å². The quantitative estimate of drug-likeness (QED) is 0.827. The highest BCUT2D eigenvalue weighted by Crippen LogP contribution is 2.33. The number of likely N-dealkylation sites (N-methyl/N-ethyl adjacent to an activating group) is 1. The van der Waals surface area contributed by atoms with Crippen LogP contribution >= 0.6 is 11.3 Å². The van der Waals surface area contributed by atoms with Crippen LogP contribution in [0, 0.1) is 0 Å². The van der Waals surface area contributed by atoms with Gasteiger partial charge in [-0.2, -0.15) is 0 Å². The molecule has 3 aliphatic rings. The summed E-state index contributed by atoms with van der Waals surface area (Å²) in [5, 5.41) is 3.78. The van der Waals surface area contributed by atoms with E-state index in [9.17, 15) is 0 Å². The zero-order chi connectivity index (χ0) is 16.4. The van der Waals surface area contributed by atoms with Crippen molar-refractivity contribution in [3.8, 4) is 0 Å². The van der Waals surface area contributed by atoms with Gasteiger partial charge >= 0.3 is 0 Å². The van der Waals surface area contributed by atoms with Gasteiger partial charge < -0.3 is 19.4 Å². The van der Waals surface area contributed by atoms with E-state index in [0.29, 0.717) is 0 Å². The Balaban J connectivity index is 1.30. The predicted octanol–water partition coefficient (Wildman–Crippen LogP) is 1.80. The van der Waals surface area contributed by atoms with E-state index in [2.05, 4.69) is 38.1 Å². The van der Waals surface area contributed by atoms with E-state index in [1.54, 1.807) is 0 Å². The molecule has 4 heterocycles. The Kier molecular flexibility index (Phi) is 5.27. The summed E-state index contributed by atoms with van der Waals surface area (Å²) in [5.41, 5.74) is 1.39. The standard InChI is InChI=1S/C18H30N4OS/c1-19-6-8-20(9-7-19)16-2-4-22(5-3-16)18-14-17(15-24-18)21-10-12-23-13-11-21/h14-16H,2-13H2,1H3. The van der Waals surface area contributed by atoms with Crippen molar-refractivity contribution in [1.82, 2.24) is 9.80 Å². The average molecular weight is 351 g/mol. The second kappa shape index (κ2) is 7.60. The van der Waals surface area contributed by atoms with Crippen LogP contribution in [0.5, 0.6) is 0 Å². The van der Waals surface area contributed by atoms with Gasteiger partial charge in [0.2, 0.25) is 0 Å². The zero-order valence-corrected chi connectivity index (χ0v) is 15.6. The zero-order valence-electron chi connectivity index (χ0n) is 14.8. The number of piperazine rings is 1. The molecular weight excluding hydrogens is 320 g/mol. The van der Waals surface area contributed by atoms with Gasteiger partial charge in [-0.25, -0.2) is 0 Å². The predicted molar refractivity (Wildman–Crippen MR) is 102 cm³/mol. The average Bonchev–Trinajstić information content (AvgIpc) is 3.13.